The summed E-state index contributed by atoms with van der Waals surface area (Å²) in [6, 6.07) is 12.2. The number of ether oxygens (including phenoxy) is 1. The van der Waals surface area contributed by atoms with Gasteiger partial charge in [-0.15, -0.1) is 11.3 Å². The second-order valence-electron chi connectivity index (χ2n) is 9.85. The van der Waals surface area contributed by atoms with Crippen molar-refractivity contribution in [1.29, 1.82) is 0 Å². The molecule has 38 heavy (non-hydrogen) atoms. The largest absolute Gasteiger partial charge is 0.487 e. The Morgan fingerprint density at radius 2 is 1.74 bits per heavy atom. The van der Waals surface area contributed by atoms with Gasteiger partial charge in [-0.3, -0.25) is 4.79 Å². The summed E-state index contributed by atoms with van der Waals surface area (Å²) < 4.78 is 45.0. The molecule has 1 heterocycles. The molecule has 4 aromatic rings. The average Bonchev–Trinajstić information content (AvgIpc) is 3.39. The molecule has 2 N–H and O–H groups in total. The van der Waals surface area contributed by atoms with Gasteiger partial charge in [0.05, 0.1) is 22.3 Å². The van der Waals surface area contributed by atoms with Crippen LogP contribution in [0.3, 0.4) is 0 Å². The van der Waals surface area contributed by atoms with Gasteiger partial charge in [0, 0.05) is 16.3 Å². The number of hydrogen-bond acceptors (Lipinski definition) is 5. The molecule has 198 valence electrons. The van der Waals surface area contributed by atoms with E-state index in [9.17, 15) is 27.9 Å². The van der Waals surface area contributed by atoms with Gasteiger partial charge in [0.2, 0.25) is 0 Å². The van der Waals surface area contributed by atoms with Gasteiger partial charge in [-0.2, -0.15) is 13.2 Å². The fourth-order valence-corrected chi connectivity index (χ4v) is 4.50. The zero-order chi connectivity index (χ0) is 27.7. The first-order valence-electron chi connectivity index (χ1n) is 11.6. The normalized spacial score (nSPS) is 12.8. The van der Waals surface area contributed by atoms with E-state index < -0.39 is 35.1 Å². The minimum Gasteiger partial charge on any atom is -0.487 e. The van der Waals surface area contributed by atoms with E-state index in [0.717, 1.165) is 28.8 Å². The summed E-state index contributed by atoms with van der Waals surface area (Å²) in [5.41, 5.74) is 2.25. The van der Waals surface area contributed by atoms with Gasteiger partial charge in [0.1, 0.15) is 18.4 Å². The lowest BCUT2D eigenvalue weighted by atomic mass is 9.86. The highest BCUT2D eigenvalue weighted by Gasteiger charge is 2.34. The third-order valence-electron chi connectivity index (χ3n) is 6.00. The van der Waals surface area contributed by atoms with Gasteiger partial charge in [0.25, 0.3) is 5.91 Å². The maximum absolute atomic E-state index is 13.4. The fraction of sp³-hybridized carbons (Fsp3) is 0.250. The van der Waals surface area contributed by atoms with Crippen LogP contribution in [0.25, 0.3) is 22.0 Å². The molecule has 0 aliphatic heterocycles. The van der Waals surface area contributed by atoms with Gasteiger partial charge in [0.15, 0.2) is 0 Å². The highest BCUT2D eigenvalue weighted by atomic mass is 32.1. The Labute approximate surface area is 221 Å². The number of alkyl halides is 3. The second kappa shape index (κ2) is 10.4. The zero-order valence-electron chi connectivity index (χ0n) is 20.8. The van der Waals surface area contributed by atoms with E-state index in [-0.39, 0.29) is 17.9 Å². The zero-order valence-corrected chi connectivity index (χ0v) is 21.6. The number of fused-ring (bicyclic) bond motifs is 1. The summed E-state index contributed by atoms with van der Waals surface area (Å²) in [4.78, 5) is 29.6. The number of carboxylic acid groups (broad SMARTS) is 1. The quantitative estimate of drug-likeness (QED) is 0.268. The summed E-state index contributed by atoms with van der Waals surface area (Å²) in [6.07, 6.45) is -4.46. The van der Waals surface area contributed by atoms with Crippen molar-refractivity contribution in [3.05, 3.63) is 82.2 Å². The molecule has 0 saturated heterocycles. The van der Waals surface area contributed by atoms with Crippen molar-refractivity contribution >= 4 is 34.0 Å². The topological polar surface area (TPSA) is 88.5 Å². The Bertz CT molecular complexity index is 1460. The number of carbonyl (C=O) groups is 2. The van der Waals surface area contributed by atoms with Crippen LogP contribution in [0.1, 0.15) is 42.3 Å². The molecule has 0 spiro atoms. The Balaban J connectivity index is 1.75. The molecule has 4 rings (SSSR count). The number of amides is 1. The Hall–Kier alpha value is -3.92. The summed E-state index contributed by atoms with van der Waals surface area (Å²) >= 11 is 1.43. The Morgan fingerprint density at radius 3 is 2.32 bits per heavy atom. The van der Waals surface area contributed by atoms with E-state index in [0.29, 0.717) is 10.9 Å². The molecule has 1 atom stereocenters. The standard InChI is InChI=1S/C28H25F3N2O4S/c1-27(2,3)24(26(35)36)33-25(34)20-11-8-17-6-7-18(22-14-38-15-32-22)12-21(17)23(20)37-13-16-4-9-19(10-5-16)28(29,30)31/h4-12,14-15,24H,13H2,1-3H3,(H,33,34)(H,35,36)/t24-/m1/s1. The fourth-order valence-electron chi connectivity index (χ4n) is 3.94. The predicted octanol–water partition coefficient (Wildman–Crippen LogP) is 6.79. The maximum atomic E-state index is 13.4. The summed E-state index contributed by atoms with van der Waals surface area (Å²) in [5.74, 6) is -1.63. The maximum Gasteiger partial charge on any atom is 0.416 e. The molecule has 1 amide bonds. The minimum absolute atomic E-state index is 0.107. The number of nitrogens with zero attached hydrogens (tertiary/aromatic N) is 1. The van der Waals surface area contributed by atoms with E-state index in [2.05, 4.69) is 10.3 Å². The smallest absolute Gasteiger partial charge is 0.416 e. The van der Waals surface area contributed by atoms with Crippen LogP contribution < -0.4 is 10.1 Å². The van der Waals surface area contributed by atoms with E-state index in [1.54, 1.807) is 38.4 Å². The first-order valence-corrected chi connectivity index (χ1v) is 12.6. The van der Waals surface area contributed by atoms with Gasteiger partial charge >= 0.3 is 12.1 Å². The first kappa shape index (κ1) is 27.1. The molecule has 1 aromatic heterocycles. The summed E-state index contributed by atoms with van der Waals surface area (Å²) in [5, 5.41) is 15.5. The molecule has 3 aromatic carbocycles. The molecule has 0 radical (unpaired) electrons. The number of aliphatic carboxylic acids is 1. The third-order valence-corrected chi connectivity index (χ3v) is 6.58. The van der Waals surface area contributed by atoms with Crippen molar-refractivity contribution in [2.24, 2.45) is 5.41 Å². The number of hydrogen-bond donors (Lipinski definition) is 2. The number of carboxylic acids is 1. The predicted molar refractivity (Wildman–Crippen MR) is 139 cm³/mol. The van der Waals surface area contributed by atoms with E-state index in [4.69, 9.17) is 4.74 Å². The minimum atomic E-state index is -4.46. The second-order valence-corrected chi connectivity index (χ2v) is 10.6. The average molecular weight is 543 g/mol. The SMILES string of the molecule is CC(C)(C)[C@H](NC(=O)c1ccc2ccc(-c3cscn3)cc2c1OCc1ccc(C(F)(F)F)cc1)C(=O)O. The molecule has 0 unspecified atom stereocenters. The van der Waals surface area contributed by atoms with Crippen molar-refractivity contribution in [3.8, 4) is 17.0 Å². The van der Waals surface area contributed by atoms with Crippen LogP contribution in [0.5, 0.6) is 5.75 Å². The lowest BCUT2D eigenvalue weighted by Gasteiger charge is -2.28. The van der Waals surface area contributed by atoms with Crippen LogP contribution in [-0.2, 0) is 17.6 Å². The van der Waals surface area contributed by atoms with Crippen LogP contribution in [0.15, 0.2) is 65.5 Å². The molecular formula is C28H25F3N2O4S. The van der Waals surface area contributed by atoms with Crippen molar-refractivity contribution in [2.45, 2.75) is 39.6 Å². The molecule has 6 nitrogen and oxygen atoms in total. The van der Waals surface area contributed by atoms with E-state index in [1.807, 2.05) is 23.6 Å². The lowest BCUT2D eigenvalue weighted by molar-refractivity contribution is -0.142. The summed E-state index contributed by atoms with van der Waals surface area (Å²) in [7, 11) is 0. The van der Waals surface area contributed by atoms with Crippen molar-refractivity contribution in [1.82, 2.24) is 10.3 Å². The Morgan fingerprint density at radius 1 is 1.05 bits per heavy atom. The van der Waals surface area contributed by atoms with Crippen LogP contribution >= 0.6 is 11.3 Å². The van der Waals surface area contributed by atoms with Crippen LogP contribution in [-0.4, -0.2) is 28.0 Å². The number of rotatable bonds is 7. The molecule has 10 heteroatoms. The highest BCUT2D eigenvalue weighted by Crippen LogP contribution is 2.35. The molecular weight excluding hydrogens is 517 g/mol. The number of nitrogens with one attached hydrogen (secondary N) is 1. The van der Waals surface area contributed by atoms with Gasteiger partial charge < -0.3 is 15.2 Å². The number of benzene rings is 3. The number of aromatic nitrogens is 1. The van der Waals surface area contributed by atoms with Crippen molar-refractivity contribution in [3.63, 3.8) is 0 Å². The summed E-state index contributed by atoms with van der Waals surface area (Å²) in [6.45, 7) is 5.00. The van der Waals surface area contributed by atoms with Crippen LogP contribution in [0.2, 0.25) is 0 Å². The molecule has 0 fully saturated rings. The molecule has 0 saturated carbocycles. The van der Waals surface area contributed by atoms with Crippen molar-refractivity contribution in [2.75, 3.05) is 0 Å². The van der Waals surface area contributed by atoms with Crippen LogP contribution in [0.4, 0.5) is 13.2 Å². The third kappa shape index (κ3) is 5.96. The van der Waals surface area contributed by atoms with Gasteiger partial charge in [-0.1, -0.05) is 51.1 Å². The number of halogens is 3. The number of carbonyl (C=O) groups excluding carboxylic acids is 1. The van der Waals surface area contributed by atoms with E-state index in [1.165, 1.54) is 23.5 Å². The molecule has 0 bridgehead atoms. The van der Waals surface area contributed by atoms with Gasteiger partial charge in [-0.05, 0) is 40.6 Å². The Kier molecular flexibility index (Phi) is 7.46. The van der Waals surface area contributed by atoms with E-state index >= 15 is 0 Å². The van der Waals surface area contributed by atoms with Gasteiger partial charge in [-0.25, -0.2) is 9.78 Å². The molecule has 0 aliphatic rings. The van der Waals surface area contributed by atoms with Crippen molar-refractivity contribution < 1.29 is 32.6 Å². The monoisotopic (exact) mass is 542 g/mol. The molecule has 0 aliphatic carbocycles. The van der Waals surface area contributed by atoms with Crippen LogP contribution in [0, 0.1) is 5.41 Å². The lowest BCUT2D eigenvalue weighted by Crippen LogP contribution is -2.49. The number of thiazole rings is 1. The highest BCUT2D eigenvalue weighted by molar-refractivity contribution is 7.07. The first-order chi connectivity index (χ1) is 17.8.